The zero-order valence-electron chi connectivity index (χ0n) is 11.5. The van der Waals surface area contributed by atoms with Crippen molar-refractivity contribution < 1.29 is 19.4 Å². The van der Waals surface area contributed by atoms with Gasteiger partial charge in [-0.2, -0.15) is 0 Å². The number of carbonyl (C=O) groups excluding carboxylic acids is 1. The highest BCUT2D eigenvalue weighted by atomic mass is 16.5. The Labute approximate surface area is 118 Å². The van der Waals surface area contributed by atoms with Crippen LogP contribution in [-0.2, 0) is 20.9 Å². The first-order valence-corrected chi connectivity index (χ1v) is 6.64. The molecule has 1 unspecified atom stereocenters. The first kappa shape index (κ1) is 14.5. The van der Waals surface area contributed by atoms with Crippen LogP contribution < -0.4 is 0 Å². The summed E-state index contributed by atoms with van der Waals surface area (Å²) in [5.74, 6) is -0.996. The Hall–Kier alpha value is -1.88. The number of likely N-dealkylation sites (tertiary alicyclic amines) is 1. The minimum atomic E-state index is -0.849. The molecule has 0 bridgehead atoms. The molecule has 2 rings (SSSR count). The van der Waals surface area contributed by atoms with E-state index in [1.165, 1.54) is 0 Å². The van der Waals surface area contributed by atoms with E-state index in [2.05, 4.69) is 0 Å². The lowest BCUT2D eigenvalue weighted by Gasteiger charge is -2.20. The third-order valence-electron chi connectivity index (χ3n) is 3.68. The highest BCUT2D eigenvalue weighted by molar-refractivity contribution is 5.81. The van der Waals surface area contributed by atoms with E-state index in [1.807, 2.05) is 30.3 Å². The van der Waals surface area contributed by atoms with Crippen molar-refractivity contribution in [3.05, 3.63) is 35.9 Å². The van der Waals surface area contributed by atoms with Crippen molar-refractivity contribution in [3.8, 4) is 0 Å². The quantitative estimate of drug-likeness (QED) is 0.886. The first-order chi connectivity index (χ1) is 9.51. The van der Waals surface area contributed by atoms with Gasteiger partial charge >= 0.3 is 5.97 Å². The summed E-state index contributed by atoms with van der Waals surface area (Å²) in [6.45, 7) is 2.79. The number of amides is 1. The third-order valence-corrected chi connectivity index (χ3v) is 3.68. The summed E-state index contributed by atoms with van der Waals surface area (Å²) >= 11 is 0. The van der Waals surface area contributed by atoms with Gasteiger partial charge in [0.1, 0.15) is 6.61 Å². The molecule has 1 N–H and O–H groups in total. The highest BCUT2D eigenvalue weighted by Crippen LogP contribution is 2.30. The summed E-state index contributed by atoms with van der Waals surface area (Å²) in [6, 6.07) is 9.62. The molecule has 1 fully saturated rings. The Bertz CT molecular complexity index is 488. The van der Waals surface area contributed by atoms with Crippen molar-refractivity contribution in [1.29, 1.82) is 0 Å². The SMILES string of the molecule is CC1(C(=O)O)CCN(C(=O)COCc2ccccc2)C1. The molecule has 0 aliphatic carbocycles. The fourth-order valence-electron chi connectivity index (χ4n) is 2.27. The summed E-state index contributed by atoms with van der Waals surface area (Å²) < 4.78 is 5.38. The molecule has 1 atom stereocenters. The van der Waals surface area contributed by atoms with Gasteiger partial charge in [0.05, 0.1) is 12.0 Å². The number of rotatable bonds is 5. The summed E-state index contributed by atoms with van der Waals surface area (Å²) in [5, 5.41) is 9.13. The van der Waals surface area contributed by atoms with Gasteiger partial charge in [-0.1, -0.05) is 30.3 Å². The van der Waals surface area contributed by atoms with Crippen molar-refractivity contribution in [1.82, 2.24) is 4.90 Å². The fraction of sp³-hybridized carbons (Fsp3) is 0.467. The van der Waals surface area contributed by atoms with Crippen LogP contribution in [0.25, 0.3) is 0 Å². The van der Waals surface area contributed by atoms with Gasteiger partial charge in [0.15, 0.2) is 0 Å². The standard InChI is InChI=1S/C15H19NO4/c1-15(14(18)19)7-8-16(11-15)13(17)10-20-9-12-5-3-2-4-6-12/h2-6H,7-11H2,1H3,(H,18,19). The molecule has 0 spiro atoms. The number of nitrogens with zero attached hydrogens (tertiary/aromatic N) is 1. The van der Waals surface area contributed by atoms with Gasteiger partial charge in [0, 0.05) is 13.1 Å². The molecule has 1 saturated heterocycles. The monoisotopic (exact) mass is 277 g/mol. The molecule has 0 radical (unpaired) electrons. The number of carboxylic acids is 1. The molecular weight excluding hydrogens is 258 g/mol. The van der Waals surface area contributed by atoms with E-state index in [9.17, 15) is 9.59 Å². The Morgan fingerprint density at radius 3 is 2.65 bits per heavy atom. The molecule has 1 aliphatic rings. The minimum absolute atomic E-state index is 0.00933. The maximum absolute atomic E-state index is 12.0. The number of benzene rings is 1. The van der Waals surface area contributed by atoms with E-state index in [4.69, 9.17) is 9.84 Å². The Morgan fingerprint density at radius 2 is 2.05 bits per heavy atom. The van der Waals surface area contributed by atoms with Crippen LogP contribution in [0, 0.1) is 5.41 Å². The molecule has 20 heavy (non-hydrogen) atoms. The molecule has 108 valence electrons. The minimum Gasteiger partial charge on any atom is -0.481 e. The van der Waals surface area contributed by atoms with E-state index in [0.29, 0.717) is 19.6 Å². The molecule has 1 heterocycles. The van der Waals surface area contributed by atoms with Crippen LogP contribution in [0.4, 0.5) is 0 Å². The van der Waals surface area contributed by atoms with Gasteiger partial charge in [-0.3, -0.25) is 9.59 Å². The zero-order valence-corrected chi connectivity index (χ0v) is 11.5. The number of ether oxygens (including phenoxy) is 1. The number of carbonyl (C=O) groups is 2. The summed E-state index contributed by atoms with van der Waals surface area (Å²) in [6.07, 6.45) is 0.493. The molecule has 1 aromatic carbocycles. The lowest BCUT2D eigenvalue weighted by atomic mass is 9.90. The lowest BCUT2D eigenvalue weighted by Crippen LogP contribution is -2.36. The number of carboxylic acid groups (broad SMARTS) is 1. The highest BCUT2D eigenvalue weighted by Gasteiger charge is 2.41. The predicted molar refractivity (Wildman–Crippen MR) is 73.0 cm³/mol. The second-order valence-electron chi connectivity index (χ2n) is 5.41. The predicted octanol–water partition coefficient (Wildman–Crippen LogP) is 1.53. The fourth-order valence-corrected chi connectivity index (χ4v) is 2.27. The number of aliphatic carboxylic acids is 1. The number of hydrogen-bond donors (Lipinski definition) is 1. The number of hydrogen-bond acceptors (Lipinski definition) is 3. The maximum Gasteiger partial charge on any atom is 0.311 e. The summed E-state index contributed by atoms with van der Waals surface area (Å²) in [4.78, 5) is 24.6. The molecule has 5 heteroatoms. The van der Waals surface area contributed by atoms with Gasteiger partial charge in [-0.25, -0.2) is 0 Å². The van der Waals surface area contributed by atoms with E-state index in [0.717, 1.165) is 5.56 Å². The second-order valence-corrected chi connectivity index (χ2v) is 5.41. The molecule has 5 nitrogen and oxygen atoms in total. The van der Waals surface area contributed by atoms with E-state index >= 15 is 0 Å². The zero-order chi connectivity index (χ0) is 14.6. The third kappa shape index (κ3) is 3.36. The Balaban J connectivity index is 1.78. The van der Waals surface area contributed by atoms with Crippen LogP contribution in [0.3, 0.4) is 0 Å². The van der Waals surface area contributed by atoms with Crippen LogP contribution in [-0.4, -0.2) is 41.6 Å². The maximum atomic E-state index is 12.0. The van der Waals surface area contributed by atoms with Crippen molar-refractivity contribution in [2.24, 2.45) is 5.41 Å². The van der Waals surface area contributed by atoms with Crippen molar-refractivity contribution in [2.45, 2.75) is 20.0 Å². The van der Waals surface area contributed by atoms with Crippen LogP contribution in [0.15, 0.2) is 30.3 Å². The Kier molecular flexibility index (Phi) is 4.39. The van der Waals surface area contributed by atoms with Gasteiger partial charge in [0.25, 0.3) is 0 Å². The average molecular weight is 277 g/mol. The molecule has 1 amide bonds. The second kappa shape index (κ2) is 6.05. The van der Waals surface area contributed by atoms with Crippen LogP contribution in [0.5, 0.6) is 0 Å². The van der Waals surface area contributed by atoms with Crippen LogP contribution >= 0.6 is 0 Å². The van der Waals surface area contributed by atoms with Gasteiger partial charge in [-0.05, 0) is 18.9 Å². The normalized spacial score (nSPS) is 21.9. The molecule has 1 aromatic rings. The van der Waals surface area contributed by atoms with E-state index < -0.39 is 11.4 Å². The van der Waals surface area contributed by atoms with Gasteiger partial charge in [0.2, 0.25) is 5.91 Å². The Morgan fingerprint density at radius 1 is 1.35 bits per heavy atom. The van der Waals surface area contributed by atoms with Gasteiger partial charge < -0.3 is 14.7 Å². The molecule has 0 aromatic heterocycles. The molecular formula is C15H19NO4. The van der Waals surface area contributed by atoms with Crippen molar-refractivity contribution >= 4 is 11.9 Å². The van der Waals surface area contributed by atoms with Crippen LogP contribution in [0.2, 0.25) is 0 Å². The first-order valence-electron chi connectivity index (χ1n) is 6.64. The van der Waals surface area contributed by atoms with E-state index in [-0.39, 0.29) is 19.1 Å². The smallest absolute Gasteiger partial charge is 0.311 e. The van der Waals surface area contributed by atoms with Crippen molar-refractivity contribution in [2.75, 3.05) is 19.7 Å². The largest absolute Gasteiger partial charge is 0.481 e. The topological polar surface area (TPSA) is 66.8 Å². The molecule has 1 aliphatic heterocycles. The van der Waals surface area contributed by atoms with Gasteiger partial charge in [-0.15, -0.1) is 0 Å². The lowest BCUT2D eigenvalue weighted by molar-refractivity contribution is -0.147. The summed E-state index contributed by atoms with van der Waals surface area (Å²) in [5.41, 5.74) is 0.187. The molecule has 0 saturated carbocycles. The average Bonchev–Trinajstić information content (AvgIpc) is 2.84. The summed E-state index contributed by atoms with van der Waals surface area (Å²) in [7, 11) is 0. The van der Waals surface area contributed by atoms with E-state index in [1.54, 1.807) is 11.8 Å². The van der Waals surface area contributed by atoms with Crippen molar-refractivity contribution in [3.63, 3.8) is 0 Å². The van der Waals surface area contributed by atoms with Crippen LogP contribution in [0.1, 0.15) is 18.9 Å².